The van der Waals surface area contributed by atoms with Gasteiger partial charge in [0.2, 0.25) is 0 Å². The summed E-state index contributed by atoms with van der Waals surface area (Å²) in [6, 6.07) is 8.19. The van der Waals surface area contributed by atoms with Gasteiger partial charge in [0.1, 0.15) is 5.78 Å². The minimum atomic E-state index is -0.0867. The summed E-state index contributed by atoms with van der Waals surface area (Å²) < 4.78 is 0. The first-order valence-electron chi connectivity index (χ1n) is 5.44. The number of hydrogen-bond acceptors (Lipinski definition) is 2. The van der Waals surface area contributed by atoms with E-state index in [1.54, 1.807) is 6.92 Å². The Morgan fingerprint density at radius 2 is 2.25 bits per heavy atom. The molecule has 0 amide bonds. The van der Waals surface area contributed by atoms with Gasteiger partial charge in [-0.25, -0.2) is 0 Å². The Morgan fingerprint density at radius 1 is 1.44 bits per heavy atom. The van der Waals surface area contributed by atoms with Gasteiger partial charge in [-0.1, -0.05) is 6.07 Å². The van der Waals surface area contributed by atoms with Crippen LogP contribution in [0.1, 0.15) is 12.5 Å². The molecule has 2 N–H and O–H groups in total. The summed E-state index contributed by atoms with van der Waals surface area (Å²) in [6.45, 7) is 1.62. The van der Waals surface area contributed by atoms with Crippen molar-refractivity contribution in [1.82, 2.24) is 10.3 Å². The first-order chi connectivity index (χ1) is 7.70. The highest BCUT2D eigenvalue weighted by Crippen LogP contribution is 2.15. The smallest absolute Gasteiger partial charge is 0.147 e. The minimum Gasteiger partial charge on any atom is -0.361 e. The van der Waals surface area contributed by atoms with Gasteiger partial charge >= 0.3 is 0 Å². The third-order valence-electron chi connectivity index (χ3n) is 2.90. The Bertz CT molecular complexity index is 501. The van der Waals surface area contributed by atoms with Crippen molar-refractivity contribution >= 4 is 16.7 Å². The molecule has 0 bridgehead atoms. The van der Waals surface area contributed by atoms with E-state index < -0.39 is 0 Å². The van der Waals surface area contributed by atoms with Crippen LogP contribution in [0.5, 0.6) is 0 Å². The van der Waals surface area contributed by atoms with Crippen LogP contribution in [0.3, 0.4) is 0 Å². The first-order valence-corrected chi connectivity index (χ1v) is 5.44. The van der Waals surface area contributed by atoms with E-state index in [0.29, 0.717) is 0 Å². The van der Waals surface area contributed by atoms with Crippen LogP contribution in [0.4, 0.5) is 0 Å². The molecule has 1 unspecified atom stereocenters. The predicted molar refractivity (Wildman–Crippen MR) is 65.5 cm³/mol. The molecule has 0 saturated carbocycles. The lowest BCUT2D eigenvalue weighted by Crippen LogP contribution is -2.34. The Labute approximate surface area is 94.9 Å². The van der Waals surface area contributed by atoms with E-state index in [2.05, 4.69) is 28.5 Å². The van der Waals surface area contributed by atoms with E-state index in [1.165, 1.54) is 10.9 Å². The molecular formula is C13H16N2O. The number of benzene rings is 1. The number of Topliss-reactive ketones (excluding diaryl/α,β-unsaturated/α-hetero) is 1. The molecule has 0 spiro atoms. The number of nitrogens with one attached hydrogen (secondary N) is 2. The van der Waals surface area contributed by atoms with Gasteiger partial charge in [0.05, 0.1) is 6.04 Å². The van der Waals surface area contributed by atoms with Crippen LogP contribution in [0.25, 0.3) is 10.9 Å². The van der Waals surface area contributed by atoms with E-state index in [0.717, 1.165) is 11.9 Å². The fraction of sp³-hybridized carbons (Fsp3) is 0.308. The zero-order valence-electron chi connectivity index (χ0n) is 9.58. The second-order valence-electron chi connectivity index (χ2n) is 4.06. The summed E-state index contributed by atoms with van der Waals surface area (Å²) in [5.74, 6) is 0.177. The zero-order chi connectivity index (χ0) is 11.5. The van der Waals surface area contributed by atoms with E-state index in [4.69, 9.17) is 0 Å². The molecule has 0 aliphatic rings. The Kier molecular flexibility index (Phi) is 3.06. The molecule has 1 aromatic heterocycles. The van der Waals surface area contributed by atoms with Crippen LogP contribution >= 0.6 is 0 Å². The van der Waals surface area contributed by atoms with Crippen molar-refractivity contribution in [1.29, 1.82) is 0 Å². The number of H-pyrrole nitrogens is 1. The lowest BCUT2D eigenvalue weighted by molar-refractivity contribution is -0.118. The normalized spacial score (nSPS) is 12.9. The molecule has 0 radical (unpaired) electrons. The average molecular weight is 216 g/mol. The molecule has 3 nitrogen and oxygen atoms in total. The molecule has 1 atom stereocenters. The van der Waals surface area contributed by atoms with Gasteiger partial charge in [0.25, 0.3) is 0 Å². The average Bonchev–Trinajstić information content (AvgIpc) is 2.72. The van der Waals surface area contributed by atoms with E-state index in [-0.39, 0.29) is 11.8 Å². The van der Waals surface area contributed by atoms with E-state index >= 15 is 0 Å². The monoisotopic (exact) mass is 216 g/mol. The van der Waals surface area contributed by atoms with Gasteiger partial charge in [-0.2, -0.15) is 0 Å². The summed E-state index contributed by atoms with van der Waals surface area (Å²) in [6.07, 6.45) is 2.67. The number of rotatable bonds is 4. The van der Waals surface area contributed by atoms with Crippen molar-refractivity contribution in [2.75, 3.05) is 7.05 Å². The second kappa shape index (κ2) is 4.49. The van der Waals surface area contributed by atoms with Crippen LogP contribution in [0.2, 0.25) is 0 Å². The highest BCUT2D eigenvalue weighted by Gasteiger charge is 2.12. The number of aromatic nitrogens is 1. The van der Waals surface area contributed by atoms with Crippen molar-refractivity contribution < 1.29 is 4.79 Å². The summed E-state index contributed by atoms with van der Waals surface area (Å²) in [5, 5.41) is 4.23. The van der Waals surface area contributed by atoms with Gasteiger partial charge in [-0.05, 0) is 49.5 Å². The third kappa shape index (κ3) is 2.14. The maximum absolute atomic E-state index is 11.3. The number of fused-ring (bicyclic) bond motifs is 1. The van der Waals surface area contributed by atoms with Crippen molar-refractivity contribution in [3.63, 3.8) is 0 Å². The van der Waals surface area contributed by atoms with Gasteiger partial charge in [0, 0.05) is 11.7 Å². The molecule has 2 rings (SSSR count). The number of carbonyl (C=O) groups excluding carboxylic acids is 1. The molecule has 3 heteroatoms. The van der Waals surface area contributed by atoms with Crippen LogP contribution in [-0.4, -0.2) is 23.9 Å². The first kappa shape index (κ1) is 10.9. The maximum atomic E-state index is 11.3. The second-order valence-corrected chi connectivity index (χ2v) is 4.06. The fourth-order valence-corrected chi connectivity index (χ4v) is 1.91. The standard InChI is InChI=1S/C13H16N2O/c1-9(16)13(14-2)8-10-3-4-12-11(7-10)5-6-15-12/h3-7,13-15H,8H2,1-2H3. The maximum Gasteiger partial charge on any atom is 0.147 e. The van der Waals surface area contributed by atoms with Gasteiger partial charge < -0.3 is 10.3 Å². The van der Waals surface area contributed by atoms with Gasteiger partial charge in [-0.15, -0.1) is 0 Å². The van der Waals surface area contributed by atoms with Gasteiger partial charge in [0.15, 0.2) is 0 Å². The molecule has 1 heterocycles. The number of likely N-dealkylation sites (N-methyl/N-ethyl adjacent to an activating group) is 1. The SMILES string of the molecule is CNC(Cc1ccc2[nH]ccc2c1)C(C)=O. The van der Waals surface area contributed by atoms with Crippen LogP contribution in [0, 0.1) is 0 Å². The summed E-state index contributed by atoms with van der Waals surface area (Å²) >= 11 is 0. The minimum absolute atomic E-state index is 0.0867. The van der Waals surface area contributed by atoms with Crippen molar-refractivity contribution in [2.45, 2.75) is 19.4 Å². The highest BCUT2D eigenvalue weighted by molar-refractivity contribution is 5.83. The molecule has 1 aromatic carbocycles. The molecule has 0 saturated heterocycles. The van der Waals surface area contributed by atoms with Crippen molar-refractivity contribution in [2.24, 2.45) is 0 Å². The quantitative estimate of drug-likeness (QED) is 0.819. The highest BCUT2D eigenvalue weighted by atomic mass is 16.1. The van der Waals surface area contributed by atoms with Crippen LogP contribution in [-0.2, 0) is 11.2 Å². The van der Waals surface area contributed by atoms with E-state index in [1.807, 2.05) is 19.3 Å². The largest absolute Gasteiger partial charge is 0.361 e. The Hall–Kier alpha value is -1.61. The lowest BCUT2D eigenvalue weighted by Gasteiger charge is -2.12. The molecule has 0 aliphatic heterocycles. The molecule has 0 aliphatic carbocycles. The molecule has 84 valence electrons. The molecule has 16 heavy (non-hydrogen) atoms. The summed E-state index contributed by atoms with van der Waals surface area (Å²) in [5.41, 5.74) is 2.31. The summed E-state index contributed by atoms with van der Waals surface area (Å²) in [4.78, 5) is 14.5. The summed E-state index contributed by atoms with van der Waals surface area (Å²) in [7, 11) is 1.82. The van der Waals surface area contributed by atoms with Crippen molar-refractivity contribution in [3.8, 4) is 0 Å². The van der Waals surface area contributed by atoms with Gasteiger partial charge in [-0.3, -0.25) is 4.79 Å². The molecule has 2 aromatic rings. The van der Waals surface area contributed by atoms with E-state index in [9.17, 15) is 4.79 Å². The van der Waals surface area contributed by atoms with Crippen molar-refractivity contribution in [3.05, 3.63) is 36.0 Å². The zero-order valence-corrected chi connectivity index (χ0v) is 9.58. The lowest BCUT2D eigenvalue weighted by atomic mass is 10.0. The third-order valence-corrected chi connectivity index (χ3v) is 2.90. The number of hydrogen-bond donors (Lipinski definition) is 2. The van der Waals surface area contributed by atoms with Crippen LogP contribution in [0.15, 0.2) is 30.5 Å². The topological polar surface area (TPSA) is 44.9 Å². The fourth-order valence-electron chi connectivity index (χ4n) is 1.91. The number of ketones is 1. The number of aromatic amines is 1. The number of carbonyl (C=O) groups is 1. The Balaban J connectivity index is 2.23. The molecule has 0 fully saturated rings. The Morgan fingerprint density at radius 3 is 2.94 bits per heavy atom. The molecular weight excluding hydrogens is 200 g/mol. The predicted octanol–water partition coefficient (Wildman–Crippen LogP) is 1.89. The van der Waals surface area contributed by atoms with Crippen LogP contribution < -0.4 is 5.32 Å².